The molecule has 3 unspecified atom stereocenters. The molecule has 1 aliphatic heterocycles. The third-order valence-electron chi connectivity index (χ3n) is 7.92. The van der Waals surface area contributed by atoms with E-state index in [1.54, 1.807) is 24.3 Å². The SMILES string of the molecule is NC(=O)C(CCC=O)C1C(=O)c2cccc3c(Cc4ccc(C(O)C5CCOCC5)cc4F)ccc1c23. The maximum Gasteiger partial charge on any atom is 0.221 e. The lowest BCUT2D eigenvalue weighted by molar-refractivity contribution is -0.122. The molecule has 3 aromatic rings. The zero-order valence-electron chi connectivity index (χ0n) is 20.5. The first kappa shape index (κ1) is 25.2. The lowest BCUT2D eigenvalue weighted by Gasteiger charge is -2.27. The van der Waals surface area contributed by atoms with E-state index in [1.165, 1.54) is 6.07 Å². The molecule has 1 amide bonds. The summed E-state index contributed by atoms with van der Waals surface area (Å²) in [4.78, 5) is 36.5. The molecule has 0 spiro atoms. The largest absolute Gasteiger partial charge is 0.388 e. The normalized spacial score (nSPS) is 19.2. The number of hydrogen-bond donors (Lipinski definition) is 2. The molecule has 37 heavy (non-hydrogen) atoms. The Morgan fingerprint density at radius 1 is 1.14 bits per heavy atom. The van der Waals surface area contributed by atoms with Crippen molar-refractivity contribution >= 4 is 28.7 Å². The average Bonchev–Trinajstić information content (AvgIpc) is 3.19. The highest BCUT2D eigenvalue weighted by molar-refractivity contribution is 6.19. The molecule has 5 rings (SSSR count). The highest BCUT2D eigenvalue weighted by Gasteiger charge is 2.40. The van der Waals surface area contributed by atoms with Crippen LogP contribution in [0.5, 0.6) is 0 Å². The van der Waals surface area contributed by atoms with Gasteiger partial charge in [0.05, 0.1) is 17.9 Å². The number of primary amides is 1. The highest BCUT2D eigenvalue weighted by atomic mass is 19.1. The minimum atomic E-state index is -0.772. The van der Waals surface area contributed by atoms with Crippen LogP contribution in [-0.2, 0) is 20.7 Å². The van der Waals surface area contributed by atoms with E-state index in [0.717, 1.165) is 41.0 Å². The fourth-order valence-corrected chi connectivity index (χ4v) is 5.94. The van der Waals surface area contributed by atoms with E-state index < -0.39 is 23.8 Å². The van der Waals surface area contributed by atoms with E-state index in [-0.39, 0.29) is 30.4 Å². The molecule has 6 nitrogen and oxygen atoms in total. The Morgan fingerprint density at radius 3 is 2.59 bits per heavy atom. The fourth-order valence-electron chi connectivity index (χ4n) is 5.94. The number of halogens is 1. The topological polar surface area (TPSA) is 107 Å². The van der Waals surface area contributed by atoms with Gasteiger partial charge in [0.2, 0.25) is 5.91 Å². The molecule has 1 fully saturated rings. The summed E-state index contributed by atoms with van der Waals surface area (Å²) in [5.41, 5.74) is 8.80. The lowest BCUT2D eigenvalue weighted by atomic mass is 9.82. The first-order valence-corrected chi connectivity index (χ1v) is 12.8. The van der Waals surface area contributed by atoms with E-state index in [9.17, 15) is 19.5 Å². The summed E-state index contributed by atoms with van der Waals surface area (Å²) >= 11 is 0. The first-order chi connectivity index (χ1) is 17.9. The smallest absolute Gasteiger partial charge is 0.221 e. The number of ketones is 1. The van der Waals surface area contributed by atoms with Crippen molar-refractivity contribution in [3.8, 4) is 0 Å². The van der Waals surface area contributed by atoms with Gasteiger partial charge in [-0.25, -0.2) is 4.39 Å². The van der Waals surface area contributed by atoms with E-state index in [0.29, 0.717) is 36.3 Å². The highest BCUT2D eigenvalue weighted by Crippen LogP contribution is 2.44. The van der Waals surface area contributed by atoms with Gasteiger partial charge in [-0.3, -0.25) is 9.59 Å². The predicted molar refractivity (Wildman–Crippen MR) is 137 cm³/mol. The first-order valence-electron chi connectivity index (χ1n) is 12.8. The van der Waals surface area contributed by atoms with Gasteiger partial charge in [-0.15, -0.1) is 0 Å². The van der Waals surface area contributed by atoms with Crippen molar-refractivity contribution in [1.82, 2.24) is 0 Å². The van der Waals surface area contributed by atoms with Gasteiger partial charge in [0.1, 0.15) is 12.1 Å². The van der Waals surface area contributed by atoms with Crippen LogP contribution in [0.15, 0.2) is 48.5 Å². The zero-order chi connectivity index (χ0) is 26.1. The van der Waals surface area contributed by atoms with E-state index >= 15 is 4.39 Å². The maximum atomic E-state index is 15.2. The monoisotopic (exact) mass is 503 g/mol. The van der Waals surface area contributed by atoms with Crippen LogP contribution in [0, 0.1) is 17.7 Å². The Balaban J connectivity index is 1.46. The number of aliphatic hydroxyl groups excluding tert-OH is 1. The number of benzene rings is 3. The van der Waals surface area contributed by atoms with E-state index in [4.69, 9.17) is 10.5 Å². The van der Waals surface area contributed by atoms with Crippen molar-refractivity contribution < 1.29 is 28.6 Å². The molecule has 0 radical (unpaired) electrons. The number of aldehydes is 1. The van der Waals surface area contributed by atoms with Crippen molar-refractivity contribution in [2.24, 2.45) is 17.6 Å². The van der Waals surface area contributed by atoms with Crippen LogP contribution >= 0.6 is 0 Å². The summed E-state index contributed by atoms with van der Waals surface area (Å²) in [6.45, 7) is 1.21. The number of carbonyl (C=O) groups excluding carboxylic acids is 3. The van der Waals surface area contributed by atoms with Crippen LogP contribution in [0.2, 0.25) is 0 Å². The van der Waals surface area contributed by atoms with Crippen LogP contribution in [-0.4, -0.2) is 36.3 Å². The van der Waals surface area contributed by atoms with Crippen molar-refractivity contribution in [3.63, 3.8) is 0 Å². The van der Waals surface area contributed by atoms with Crippen LogP contribution in [0.1, 0.15) is 70.3 Å². The average molecular weight is 504 g/mol. The van der Waals surface area contributed by atoms with Crippen LogP contribution in [0.4, 0.5) is 4.39 Å². The van der Waals surface area contributed by atoms with Crippen LogP contribution in [0.3, 0.4) is 0 Å². The summed E-state index contributed by atoms with van der Waals surface area (Å²) < 4.78 is 20.6. The summed E-state index contributed by atoms with van der Waals surface area (Å²) in [7, 11) is 0. The van der Waals surface area contributed by atoms with Crippen molar-refractivity contribution in [3.05, 3.63) is 82.2 Å². The van der Waals surface area contributed by atoms with Crippen LogP contribution in [0.25, 0.3) is 10.8 Å². The molecule has 0 saturated carbocycles. The molecule has 1 saturated heterocycles. The number of ether oxygens (including phenoxy) is 1. The third-order valence-corrected chi connectivity index (χ3v) is 7.92. The quantitative estimate of drug-likeness (QED) is 0.421. The molecule has 1 heterocycles. The van der Waals surface area contributed by atoms with Gasteiger partial charge in [0.25, 0.3) is 0 Å². The van der Waals surface area contributed by atoms with Gasteiger partial charge in [-0.1, -0.05) is 42.5 Å². The summed E-state index contributed by atoms with van der Waals surface area (Å²) in [5.74, 6) is -2.61. The number of Topliss-reactive ketones (excluding diaryl/α,β-unsaturated/α-hetero) is 1. The van der Waals surface area contributed by atoms with Crippen LogP contribution < -0.4 is 5.73 Å². The molecular weight excluding hydrogens is 473 g/mol. The molecule has 0 aromatic heterocycles. The summed E-state index contributed by atoms with van der Waals surface area (Å²) in [6.07, 6.45) is 2.15. The number of carbonyl (C=O) groups is 3. The molecule has 2 aliphatic rings. The third kappa shape index (κ3) is 4.69. The van der Waals surface area contributed by atoms with Crippen molar-refractivity contribution in [2.75, 3.05) is 13.2 Å². The van der Waals surface area contributed by atoms with Gasteiger partial charge in [-0.05, 0) is 64.3 Å². The number of hydrogen-bond acceptors (Lipinski definition) is 5. The van der Waals surface area contributed by atoms with Gasteiger partial charge in [0.15, 0.2) is 5.78 Å². The standard InChI is InChI=1S/C30H30FNO5/c31-25-16-20(28(34)17-10-13-37-14-11-17)7-6-19(25)15-18-8-9-22-26-21(18)3-1-4-23(26)29(35)27(22)24(30(32)36)5-2-12-33/h1,3-4,6-9,12,16-17,24,27-28,34H,2,5,10-11,13-15H2,(H2,32,36). The summed E-state index contributed by atoms with van der Waals surface area (Å²) in [5, 5.41) is 12.3. The number of rotatable bonds is 9. The molecule has 3 aromatic carbocycles. The van der Waals surface area contributed by atoms with Gasteiger partial charge in [-0.2, -0.15) is 0 Å². The molecular formula is C30H30FNO5. The Bertz CT molecular complexity index is 1360. The predicted octanol–water partition coefficient (Wildman–Crippen LogP) is 4.39. The minimum absolute atomic E-state index is 0.0526. The fraction of sp³-hybridized carbons (Fsp3) is 0.367. The molecule has 1 aliphatic carbocycles. The molecule has 0 bridgehead atoms. The lowest BCUT2D eigenvalue weighted by Crippen LogP contribution is -2.31. The van der Waals surface area contributed by atoms with Gasteiger partial charge >= 0.3 is 0 Å². The molecule has 3 atom stereocenters. The summed E-state index contributed by atoms with van der Waals surface area (Å²) in [6, 6.07) is 14.0. The van der Waals surface area contributed by atoms with Gasteiger partial charge in [0, 0.05) is 31.6 Å². The van der Waals surface area contributed by atoms with Crippen molar-refractivity contribution in [2.45, 2.75) is 44.1 Å². The second-order valence-corrected chi connectivity index (χ2v) is 10.1. The molecule has 7 heteroatoms. The maximum absolute atomic E-state index is 15.2. The Hall–Kier alpha value is -3.42. The zero-order valence-corrected chi connectivity index (χ0v) is 20.5. The molecule has 192 valence electrons. The second-order valence-electron chi connectivity index (χ2n) is 10.1. The Labute approximate surface area is 214 Å². The second kappa shape index (κ2) is 10.5. The number of aliphatic hydroxyl groups is 1. The Morgan fingerprint density at radius 2 is 1.89 bits per heavy atom. The van der Waals surface area contributed by atoms with E-state index in [2.05, 4.69) is 0 Å². The van der Waals surface area contributed by atoms with E-state index in [1.807, 2.05) is 18.2 Å². The molecule has 3 N–H and O–H groups in total. The van der Waals surface area contributed by atoms with Gasteiger partial charge < -0.3 is 20.4 Å². The van der Waals surface area contributed by atoms with Crippen molar-refractivity contribution in [1.29, 1.82) is 0 Å². The number of amides is 1. The Kier molecular flexibility index (Phi) is 7.17. The number of nitrogens with two attached hydrogens (primary N) is 1. The minimum Gasteiger partial charge on any atom is -0.388 e.